The van der Waals surface area contributed by atoms with E-state index in [1.54, 1.807) is 0 Å². The molecule has 0 aliphatic heterocycles. The summed E-state index contributed by atoms with van der Waals surface area (Å²) in [4.78, 5) is 0. The summed E-state index contributed by atoms with van der Waals surface area (Å²) in [5.41, 5.74) is 8.93. The van der Waals surface area contributed by atoms with Crippen molar-refractivity contribution >= 4 is 11.8 Å². The molecule has 0 bridgehead atoms. The molecule has 68 valence electrons. The van der Waals surface area contributed by atoms with Crippen LogP contribution in [0.5, 0.6) is 0 Å². The van der Waals surface area contributed by atoms with Crippen LogP contribution < -0.4 is 5.73 Å². The summed E-state index contributed by atoms with van der Waals surface area (Å²) in [6.45, 7) is 5.70. The predicted molar refractivity (Wildman–Crippen MR) is 59.5 cm³/mol. The highest BCUT2D eigenvalue weighted by molar-refractivity contribution is 5.57. The zero-order chi connectivity index (χ0) is 9.68. The molecule has 1 rings (SSSR count). The fourth-order valence-corrected chi connectivity index (χ4v) is 1.32. The van der Waals surface area contributed by atoms with Gasteiger partial charge in [-0.1, -0.05) is 24.3 Å². The van der Waals surface area contributed by atoms with E-state index in [1.807, 2.05) is 37.3 Å². The number of nitrogen functional groups attached to an aromatic ring is 1. The minimum absolute atomic E-state index is 0.812. The van der Waals surface area contributed by atoms with Crippen LogP contribution in [0.15, 0.2) is 36.9 Å². The van der Waals surface area contributed by atoms with E-state index in [1.165, 1.54) is 5.56 Å². The minimum atomic E-state index is 0.812. The maximum Gasteiger partial charge on any atom is 0.0322 e. The lowest BCUT2D eigenvalue weighted by atomic mass is 10.1. The van der Waals surface area contributed by atoms with Crippen molar-refractivity contribution in [3.8, 4) is 0 Å². The van der Waals surface area contributed by atoms with Gasteiger partial charge in [0.15, 0.2) is 0 Å². The number of benzene rings is 1. The van der Waals surface area contributed by atoms with Crippen molar-refractivity contribution in [1.82, 2.24) is 0 Å². The highest BCUT2D eigenvalue weighted by Crippen LogP contribution is 2.14. The van der Waals surface area contributed by atoms with E-state index >= 15 is 0 Å². The van der Waals surface area contributed by atoms with Gasteiger partial charge in [0.2, 0.25) is 0 Å². The van der Waals surface area contributed by atoms with Crippen molar-refractivity contribution < 1.29 is 0 Å². The molecule has 0 saturated carbocycles. The van der Waals surface area contributed by atoms with E-state index in [0.717, 1.165) is 17.7 Å². The van der Waals surface area contributed by atoms with E-state index in [0.29, 0.717) is 0 Å². The van der Waals surface area contributed by atoms with Gasteiger partial charge in [-0.2, -0.15) is 0 Å². The van der Waals surface area contributed by atoms with E-state index < -0.39 is 0 Å². The van der Waals surface area contributed by atoms with E-state index in [4.69, 9.17) is 5.73 Å². The highest BCUT2D eigenvalue weighted by Gasteiger charge is 1.94. The molecule has 0 saturated heterocycles. The average Bonchev–Trinajstić information content (AvgIpc) is 2.04. The summed E-state index contributed by atoms with van der Waals surface area (Å²) < 4.78 is 0. The van der Waals surface area contributed by atoms with Crippen molar-refractivity contribution in [3.63, 3.8) is 0 Å². The molecule has 0 amide bonds. The second kappa shape index (κ2) is 4.51. The Kier molecular flexibility index (Phi) is 3.32. The van der Waals surface area contributed by atoms with Crippen LogP contribution in [0.2, 0.25) is 0 Å². The molecule has 0 heterocycles. The summed E-state index contributed by atoms with van der Waals surface area (Å²) in [7, 11) is 0. The van der Waals surface area contributed by atoms with Crippen LogP contribution in [0.1, 0.15) is 18.1 Å². The SMILES string of the molecule is C=CCc1cc(N)cc(/C=C/C)c1. The number of nitrogens with two attached hydrogens (primary N) is 1. The summed E-state index contributed by atoms with van der Waals surface area (Å²) >= 11 is 0. The van der Waals surface area contributed by atoms with Gasteiger partial charge in [-0.3, -0.25) is 0 Å². The first-order valence-corrected chi connectivity index (χ1v) is 4.39. The summed E-state index contributed by atoms with van der Waals surface area (Å²) in [6, 6.07) is 6.07. The number of hydrogen-bond donors (Lipinski definition) is 1. The summed E-state index contributed by atoms with van der Waals surface area (Å²) in [5.74, 6) is 0. The molecule has 2 N–H and O–H groups in total. The molecule has 13 heavy (non-hydrogen) atoms. The standard InChI is InChI=1S/C12H15N/c1-3-5-10-7-11(6-4-2)9-12(13)8-10/h3-4,6-9H,1,5,13H2,2H3/b6-4+. The third-order valence-electron chi connectivity index (χ3n) is 1.78. The molecule has 0 aliphatic carbocycles. The number of rotatable bonds is 3. The molecule has 0 unspecified atom stereocenters. The van der Waals surface area contributed by atoms with Crippen molar-refractivity contribution in [2.24, 2.45) is 0 Å². The van der Waals surface area contributed by atoms with Crippen molar-refractivity contribution in [3.05, 3.63) is 48.1 Å². The zero-order valence-electron chi connectivity index (χ0n) is 7.96. The second-order valence-electron chi connectivity index (χ2n) is 3.00. The second-order valence-corrected chi connectivity index (χ2v) is 3.00. The molecule has 0 atom stereocenters. The van der Waals surface area contributed by atoms with Gasteiger partial charge < -0.3 is 5.73 Å². The van der Waals surface area contributed by atoms with Gasteiger partial charge in [0.1, 0.15) is 0 Å². The molecule has 0 aliphatic rings. The van der Waals surface area contributed by atoms with Gasteiger partial charge >= 0.3 is 0 Å². The number of hydrogen-bond acceptors (Lipinski definition) is 1. The Bertz CT molecular complexity index is 324. The zero-order valence-corrected chi connectivity index (χ0v) is 7.96. The van der Waals surface area contributed by atoms with Gasteiger partial charge in [-0.05, 0) is 36.6 Å². The van der Waals surface area contributed by atoms with Gasteiger partial charge in [0.25, 0.3) is 0 Å². The first-order chi connectivity index (χ1) is 6.26. The van der Waals surface area contributed by atoms with Crippen LogP contribution in [0.25, 0.3) is 6.08 Å². The Balaban J connectivity index is 3.02. The molecular formula is C12H15N. The van der Waals surface area contributed by atoms with Crippen molar-refractivity contribution in [2.75, 3.05) is 5.73 Å². The Morgan fingerprint density at radius 1 is 1.38 bits per heavy atom. The molecule has 1 heteroatoms. The molecule has 1 aromatic rings. The van der Waals surface area contributed by atoms with Crippen LogP contribution in [0, 0.1) is 0 Å². The minimum Gasteiger partial charge on any atom is -0.399 e. The first kappa shape index (κ1) is 9.59. The largest absolute Gasteiger partial charge is 0.399 e. The lowest BCUT2D eigenvalue weighted by molar-refractivity contribution is 1.27. The molecule has 1 nitrogen and oxygen atoms in total. The van der Waals surface area contributed by atoms with Crippen molar-refractivity contribution in [2.45, 2.75) is 13.3 Å². The Morgan fingerprint density at radius 3 is 2.77 bits per heavy atom. The monoisotopic (exact) mass is 173 g/mol. The molecule has 0 fully saturated rings. The van der Waals surface area contributed by atoms with E-state index in [9.17, 15) is 0 Å². The maximum atomic E-state index is 5.75. The molecular weight excluding hydrogens is 158 g/mol. The third kappa shape index (κ3) is 2.79. The lowest BCUT2D eigenvalue weighted by Gasteiger charge is -2.01. The quantitative estimate of drug-likeness (QED) is 0.552. The van der Waals surface area contributed by atoms with E-state index in [2.05, 4.69) is 12.6 Å². The van der Waals surface area contributed by atoms with Crippen molar-refractivity contribution in [1.29, 1.82) is 0 Å². The van der Waals surface area contributed by atoms with Crippen LogP contribution in [0.4, 0.5) is 5.69 Å². The van der Waals surface area contributed by atoms with Gasteiger partial charge in [-0.15, -0.1) is 6.58 Å². The van der Waals surface area contributed by atoms with Gasteiger partial charge in [0.05, 0.1) is 0 Å². The van der Waals surface area contributed by atoms with Crippen LogP contribution in [-0.2, 0) is 6.42 Å². The molecule has 0 radical (unpaired) electrons. The molecule has 1 aromatic carbocycles. The predicted octanol–water partition coefficient (Wildman–Crippen LogP) is 3.03. The molecule has 0 aromatic heterocycles. The van der Waals surface area contributed by atoms with Gasteiger partial charge in [0, 0.05) is 5.69 Å². The first-order valence-electron chi connectivity index (χ1n) is 4.39. The fraction of sp³-hybridized carbons (Fsp3) is 0.167. The topological polar surface area (TPSA) is 26.0 Å². The van der Waals surface area contributed by atoms with Crippen LogP contribution >= 0.6 is 0 Å². The summed E-state index contributed by atoms with van der Waals surface area (Å²) in [5, 5.41) is 0. The Labute approximate surface area is 79.6 Å². The van der Waals surface area contributed by atoms with Crippen LogP contribution in [0.3, 0.4) is 0 Å². The van der Waals surface area contributed by atoms with E-state index in [-0.39, 0.29) is 0 Å². The smallest absolute Gasteiger partial charge is 0.0322 e. The van der Waals surface area contributed by atoms with Crippen LogP contribution in [-0.4, -0.2) is 0 Å². The normalized spacial score (nSPS) is 10.5. The average molecular weight is 173 g/mol. The molecule has 0 spiro atoms. The third-order valence-corrected chi connectivity index (χ3v) is 1.78. The lowest BCUT2D eigenvalue weighted by Crippen LogP contribution is -1.89. The maximum absolute atomic E-state index is 5.75. The summed E-state index contributed by atoms with van der Waals surface area (Å²) in [6.07, 6.45) is 6.80. The highest BCUT2D eigenvalue weighted by atomic mass is 14.5. The number of anilines is 1. The number of allylic oxidation sites excluding steroid dienone is 2. The van der Waals surface area contributed by atoms with Gasteiger partial charge in [-0.25, -0.2) is 0 Å². The fourth-order valence-electron chi connectivity index (χ4n) is 1.32. The Hall–Kier alpha value is -1.50. The Morgan fingerprint density at radius 2 is 2.15 bits per heavy atom.